The molecule has 2 amide bonds. The van der Waals surface area contributed by atoms with E-state index in [1.165, 1.54) is 43.6 Å². The van der Waals surface area contributed by atoms with E-state index < -0.39 is 23.7 Å². The van der Waals surface area contributed by atoms with E-state index in [1.807, 2.05) is 0 Å². The van der Waals surface area contributed by atoms with E-state index >= 15 is 0 Å². The lowest BCUT2D eigenvalue weighted by Gasteiger charge is -2.26. The van der Waals surface area contributed by atoms with Gasteiger partial charge in [0, 0.05) is 7.05 Å². The molecule has 2 N–H and O–H groups in total. The first-order chi connectivity index (χ1) is 14.4. The zero-order chi connectivity index (χ0) is 21.4. The molecule has 3 heterocycles. The molecule has 4 aromatic rings. The molecule has 0 radical (unpaired) electrons. The smallest absolute Gasteiger partial charge is 0.259 e. The van der Waals surface area contributed by atoms with Crippen LogP contribution in [0.25, 0.3) is 22.6 Å². The Morgan fingerprint density at radius 3 is 2.67 bits per heavy atom. The van der Waals surface area contributed by atoms with Crippen molar-refractivity contribution in [3.63, 3.8) is 0 Å². The van der Waals surface area contributed by atoms with Crippen molar-refractivity contribution in [2.24, 2.45) is 5.73 Å². The quantitative estimate of drug-likeness (QED) is 0.542. The molecule has 0 aliphatic carbocycles. The van der Waals surface area contributed by atoms with Crippen LogP contribution < -0.4 is 5.73 Å². The molecule has 152 valence electrons. The molecule has 0 saturated heterocycles. The van der Waals surface area contributed by atoms with E-state index in [0.717, 1.165) is 4.90 Å². The SMILES string of the molecule is Cc1noc2nc(-c3ccco3)cc(C(=O)N(C)C(C(N)=O)c3cccc(F)c3)c12. The van der Waals surface area contributed by atoms with E-state index in [0.29, 0.717) is 22.5 Å². The highest BCUT2D eigenvalue weighted by atomic mass is 19.1. The van der Waals surface area contributed by atoms with Crippen LogP contribution in [0.1, 0.15) is 27.7 Å². The zero-order valence-corrected chi connectivity index (χ0v) is 16.1. The Hall–Kier alpha value is -4.01. The van der Waals surface area contributed by atoms with E-state index in [4.69, 9.17) is 14.7 Å². The fourth-order valence-corrected chi connectivity index (χ4v) is 3.38. The van der Waals surface area contributed by atoms with Crippen molar-refractivity contribution in [2.75, 3.05) is 7.05 Å². The van der Waals surface area contributed by atoms with E-state index in [-0.39, 0.29) is 16.8 Å². The maximum Gasteiger partial charge on any atom is 0.259 e. The fraction of sp³-hybridized carbons (Fsp3) is 0.143. The summed E-state index contributed by atoms with van der Waals surface area (Å²) >= 11 is 0. The molecule has 0 bridgehead atoms. The number of rotatable bonds is 5. The second-order valence-electron chi connectivity index (χ2n) is 6.76. The van der Waals surface area contributed by atoms with Crippen molar-refractivity contribution in [1.29, 1.82) is 0 Å². The monoisotopic (exact) mass is 408 g/mol. The lowest BCUT2D eigenvalue weighted by molar-refractivity contribution is -0.122. The predicted octanol–water partition coefficient (Wildman–Crippen LogP) is 3.23. The van der Waals surface area contributed by atoms with E-state index in [9.17, 15) is 14.0 Å². The van der Waals surface area contributed by atoms with Crippen LogP contribution in [0.4, 0.5) is 4.39 Å². The summed E-state index contributed by atoms with van der Waals surface area (Å²) in [6, 6.07) is 9.12. The van der Waals surface area contributed by atoms with Gasteiger partial charge in [0.1, 0.15) is 17.6 Å². The number of nitrogens with zero attached hydrogens (tertiary/aromatic N) is 3. The number of furan rings is 1. The molecule has 0 spiro atoms. The fourth-order valence-electron chi connectivity index (χ4n) is 3.38. The molecule has 8 nitrogen and oxygen atoms in total. The van der Waals surface area contributed by atoms with Gasteiger partial charge in [-0.1, -0.05) is 17.3 Å². The number of hydrogen-bond acceptors (Lipinski definition) is 6. The Morgan fingerprint density at radius 2 is 2.00 bits per heavy atom. The number of pyridine rings is 1. The van der Waals surface area contributed by atoms with Crippen molar-refractivity contribution >= 4 is 22.9 Å². The van der Waals surface area contributed by atoms with Crippen LogP contribution in [0.5, 0.6) is 0 Å². The van der Waals surface area contributed by atoms with Gasteiger partial charge in [-0.15, -0.1) is 0 Å². The molecule has 0 aliphatic heterocycles. The van der Waals surface area contributed by atoms with Gasteiger partial charge in [-0.25, -0.2) is 9.37 Å². The van der Waals surface area contributed by atoms with Gasteiger partial charge in [-0.2, -0.15) is 0 Å². The highest BCUT2D eigenvalue weighted by Gasteiger charge is 2.30. The van der Waals surface area contributed by atoms with Crippen molar-refractivity contribution in [3.8, 4) is 11.5 Å². The van der Waals surface area contributed by atoms with Gasteiger partial charge in [0.05, 0.1) is 22.9 Å². The topological polar surface area (TPSA) is 115 Å². The minimum Gasteiger partial charge on any atom is -0.463 e. The molecular weight excluding hydrogens is 391 g/mol. The van der Waals surface area contributed by atoms with Gasteiger partial charge in [0.15, 0.2) is 5.76 Å². The van der Waals surface area contributed by atoms with Crippen molar-refractivity contribution in [3.05, 3.63) is 71.4 Å². The second kappa shape index (κ2) is 7.43. The molecule has 3 aromatic heterocycles. The molecule has 0 saturated carbocycles. The standard InChI is InChI=1S/C21H17FN4O4/c1-11-17-14(10-15(16-7-4-8-29-16)24-20(17)30-25-11)21(28)26(2)18(19(23)27)12-5-3-6-13(22)9-12/h3-10,18H,1-2H3,(H2,23,27). The highest BCUT2D eigenvalue weighted by Crippen LogP contribution is 2.30. The van der Waals surface area contributed by atoms with Crippen LogP contribution in [0, 0.1) is 12.7 Å². The van der Waals surface area contributed by atoms with Crippen molar-refractivity contribution in [1.82, 2.24) is 15.0 Å². The molecule has 0 fully saturated rings. The number of likely N-dealkylation sites (N-methyl/N-ethyl adjacent to an activating group) is 1. The van der Waals surface area contributed by atoms with Gasteiger partial charge in [0.25, 0.3) is 11.6 Å². The van der Waals surface area contributed by atoms with Gasteiger partial charge in [0.2, 0.25) is 5.91 Å². The van der Waals surface area contributed by atoms with E-state index in [1.54, 1.807) is 19.1 Å². The summed E-state index contributed by atoms with van der Waals surface area (Å²) in [5, 5.41) is 4.30. The number of fused-ring (bicyclic) bond motifs is 1. The highest BCUT2D eigenvalue weighted by molar-refractivity contribution is 6.08. The minimum absolute atomic E-state index is 0.152. The summed E-state index contributed by atoms with van der Waals surface area (Å²) in [4.78, 5) is 31.1. The third kappa shape index (κ3) is 3.30. The Morgan fingerprint density at radius 1 is 1.20 bits per heavy atom. The van der Waals surface area contributed by atoms with Gasteiger partial charge in [-0.05, 0) is 42.8 Å². The predicted molar refractivity (Wildman–Crippen MR) is 105 cm³/mol. The second-order valence-corrected chi connectivity index (χ2v) is 6.76. The van der Waals surface area contributed by atoms with Crippen LogP contribution >= 0.6 is 0 Å². The average molecular weight is 408 g/mol. The summed E-state index contributed by atoms with van der Waals surface area (Å²) < 4.78 is 24.3. The van der Waals surface area contributed by atoms with Gasteiger partial charge < -0.3 is 19.6 Å². The van der Waals surface area contributed by atoms with Gasteiger partial charge in [-0.3, -0.25) is 9.59 Å². The van der Waals surface area contributed by atoms with Crippen LogP contribution in [0.15, 0.2) is 57.7 Å². The number of carbonyl (C=O) groups is 2. The summed E-state index contributed by atoms with van der Waals surface area (Å²) in [5.74, 6) is -1.44. The molecule has 1 aromatic carbocycles. The normalized spacial score (nSPS) is 12.1. The first-order valence-corrected chi connectivity index (χ1v) is 8.99. The Labute approximate surface area is 170 Å². The number of primary amides is 1. The summed E-state index contributed by atoms with van der Waals surface area (Å²) in [6.07, 6.45) is 1.48. The summed E-state index contributed by atoms with van der Waals surface area (Å²) in [5.41, 5.74) is 6.99. The largest absolute Gasteiger partial charge is 0.463 e. The third-order valence-electron chi connectivity index (χ3n) is 4.76. The molecule has 0 aliphatic rings. The molecule has 4 rings (SSSR count). The number of nitrogens with two attached hydrogens (primary N) is 1. The Bertz CT molecular complexity index is 1250. The first-order valence-electron chi connectivity index (χ1n) is 8.99. The molecule has 1 atom stereocenters. The van der Waals surface area contributed by atoms with Crippen LogP contribution in [0.3, 0.4) is 0 Å². The lowest BCUT2D eigenvalue weighted by Crippen LogP contribution is -2.39. The number of hydrogen-bond donors (Lipinski definition) is 1. The zero-order valence-electron chi connectivity index (χ0n) is 16.1. The molecular formula is C21H17FN4O4. The Balaban J connectivity index is 1.83. The van der Waals surface area contributed by atoms with Crippen LogP contribution in [-0.2, 0) is 4.79 Å². The first kappa shape index (κ1) is 19.3. The average Bonchev–Trinajstić information content (AvgIpc) is 3.37. The molecule has 1 unspecified atom stereocenters. The summed E-state index contributed by atoms with van der Waals surface area (Å²) in [6.45, 7) is 1.68. The van der Waals surface area contributed by atoms with Crippen LogP contribution in [0.2, 0.25) is 0 Å². The summed E-state index contributed by atoms with van der Waals surface area (Å²) in [7, 11) is 1.42. The Kier molecular flexibility index (Phi) is 4.78. The number of benzene rings is 1. The number of aromatic nitrogens is 2. The van der Waals surface area contributed by atoms with Gasteiger partial charge >= 0.3 is 0 Å². The molecule has 30 heavy (non-hydrogen) atoms. The number of aryl methyl sites for hydroxylation is 1. The maximum absolute atomic E-state index is 13.7. The van der Waals surface area contributed by atoms with Crippen LogP contribution in [-0.4, -0.2) is 33.9 Å². The minimum atomic E-state index is -1.18. The number of amides is 2. The third-order valence-corrected chi connectivity index (χ3v) is 4.76. The van der Waals surface area contributed by atoms with Crippen molar-refractivity contribution < 1.29 is 22.9 Å². The number of halogens is 1. The van der Waals surface area contributed by atoms with Crippen molar-refractivity contribution in [2.45, 2.75) is 13.0 Å². The lowest BCUT2D eigenvalue weighted by atomic mass is 10.0. The van der Waals surface area contributed by atoms with E-state index in [2.05, 4.69) is 10.1 Å². The molecule has 9 heteroatoms. The number of carbonyl (C=O) groups excluding carboxylic acids is 2. The maximum atomic E-state index is 13.7.